The Kier molecular flexibility index (Phi) is 7.91. The van der Waals surface area contributed by atoms with E-state index in [2.05, 4.69) is 10.1 Å². The zero-order chi connectivity index (χ0) is 25.0. The number of aliphatic hydroxyl groups is 4. The lowest BCUT2D eigenvalue weighted by Crippen LogP contribution is -2.60. The molecule has 1 heterocycles. The molecule has 1 saturated heterocycles. The fourth-order valence-electron chi connectivity index (χ4n) is 3.32. The first kappa shape index (κ1) is 25.2. The van der Waals surface area contributed by atoms with Crippen molar-refractivity contribution < 1.29 is 54.1 Å². The summed E-state index contributed by atoms with van der Waals surface area (Å²) in [7, 11) is 2.52. The van der Waals surface area contributed by atoms with Crippen LogP contribution in [-0.2, 0) is 9.47 Å². The molecule has 0 bridgehead atoms. The van der Waals surface area contributed by atoms with E-state index in [0.717, 1.165) is 13.2 Å². The molecule has 0 spiro atoms. The maximum absolute atomic E-state index is 13.1. The maximum atomic E-state index is 13.1. The Morgan fingerprint density at radius 2 is 1.74 bits per heavy atom. The van der Waals surface area contributed by atoms with Gasteiger partial charge in [-0.2, -0.15) is 0 Å². The van der Waals surface area contributed by atoms with Crippen molar-refractivity contribution in [3.05, 3.63) is 47.5 Å². The van der Waals surface area contributed by atoms with Crippen LogP contribution in [0.25, 0.3) is 0 Å². The van der Waals surface area contributed by atoms with Gasteiger partial charge in [0.1, 0.15) is 41.7 Å². The molecule has 2 aromatic rings. The second kappa shape index (κ2) is 10.7. The van der Waals surface area contributed by atoms with Gasteiger partial charge in [-0.1, -0.05) is 0 Å². The number of anilines is 1. The molecule has 0 radical (unpaired) electrons. The van der Waals surface area contributed by atoms with E-state index in [1.54, 1.807) is 0 Å². The third-order valence-electron chi connectivity index (χ3n) is 5.18. The van der Waals surface area contributed by atoms with Gasteiger partial charge >= 0.3 is 5.97 Å². The second-order valence-corrected chi connectivity index (χ2v) is 7.35. The lowest BCUT2D eigenvalue weighted by molar-refractivity contribution is -0.277. The van der Waals surface area contributed by atoms with Crippen LogP contribution in [0.1, 0.15) is 20.7 Å². The quantitative estimate of drug-likeness (QED) is 0.225. The zero-order valence-electron chi connectivity index (χ0n) is 18.2. The highest BCUT2D eigenvalue weighted by atomic mass is 16.7. The van der Waals surface area contributed by atoms with Gasteiger partial charge in [0.15, 0.2) is 0 Å². The molecule has 5 unspecified atom stereocenters. The minimum atomic E-state index is -1.70. The van der Waals surface area contributed by atoms with E-state index in [4.69, 9.17) is 14.2 Å². The molecule has 1 fully saturated rings. The maximum Gasteiger partial charge on any atom is 0.340 e. The summed E-state index contributed by atoms with van der Waals surface area (Å²) in [6.07, 6.45) is -7.69. The lowest BCUT2D eigenvalue weighted by atomic mass is 9.99. The highest BCUT2D eigenvalue weighted by Gasteiger charge is 2.45. The molecule has 0 aromatic heterocycles. The van der Waals surface area contributed by atoms with Crippen LogP contribution in [0.3, 0.4) is 0 Å². The van der Waals surface area contributed by atoms with Gasteiger partial charge < -0.3 is 49.8 Å². The number of ether oxygens (including phenoxy) is 4. The summed E-state index contributed by atoms with van der Waals surface area (Å²) in [6.45, 7) is -0.655. The van der Waals surface area contributed by atoms with Gasteiger partial charge in [-0.25, -0.2) is 4.79 Å². The van der Waals surface area contributed by atoms with Crippen LogP contribution in [0.4, 0.5) is 5.69 Å². The summed E-state index contributed by atoms with van der Waals surface area (Å²) in [6, 6.07) is 7.84. The molecular weight excluding hydrogens is 454 g/mol. The molecule has 34 heavy (non-hydrogen) atoms. The molecule has 2 aromatic carbocycles. The Hall–Kier alpha value is -3.42. The number of aromatic hydroxyl groups is 1. The van der Waals surface area contributed by atoms with Crippen molar-refractivity contribution in [1.82, 2.24) is 0 Å². The topological polar surface area (TPSA) is 184 Å². The zero-order valence-corrected chi connectivity index (χ0v) is 18.2. The monoisotopic (exact) mass is 479 g/mol. The summed E-state index contributed by atoms with van der Waals surface area (Å²) in [5.41, 5.74) is -0.161. The van der Waals surface area contributed by atoms with Crippen LogP contribution in [0.15, 0.2) is 36.4 Å². The second-order valence-electron chi connectivity index (χ2n) is 7.35. The van der Waals surface area contributed by atoms with Gasteiger partial charge in [-0.3, -0.25) is 4.79 Å². The molecule has 12 nitrogen and oxygen atoms in total. The van der Waals surface area contributed by atoms with Gasteiger partial charge in [0.2, 0.25) is 6.29 Å². The number of benzene rings is 2. The van der Waals surface area contributed by atoms with Crippen molar-refractivity contribution in [2.45, 2.75) is 30.7 Å². The standard InChI is InChI=1S/C22H25NO11/c1-31-11-4-6-15(33-22-19(28)18(27)17(26)16(9-24)34-22)13(8-11)20(29)23-14-5-3-10(25)7-12(14)21(30)32-2/h3-8,16-19,22,24-28H,9H2,1-2H3,(H,23,29). The highest BCUT2D eigenvalue weighted by Crippen LogP contribution is 2.30. The van der Waals surface area contributed by atoms with Crippen molar-refractivity contribution in [2.75, 3.05) is 26.1 Å². The smallest absolute Gasteiger partial charge is 0.340 e. The van der Waals surface area contributed by atoms with Crippen LogP contribution in [-0.4, -0.2) is 88.9 Å². The largest absolute Gasteiger partial charge is 0.508 e. The van der Waals surface area contributed by atoms with Gasteiger partial charge in [0, 0.05) is 0 Å². The Balaban J connectivity index is 1.92. The molecule has 184 valence electrons. The lowest BCUT2D eigenvalue weighted by Gasteiger charge is -2.39. The average Bonchev–Trinajstić information content (AvgIpc) is 2.84. The summed E-state index contributed by atoms with van der Waals surface area (Å²) < 4.78 is 20.8. The van der Waals surface area contributed by atoms with E-state index >= 15 is 0 Å². The Morgan fingerprint density at radius 1 is 1.00 bits per heavy atom. The van der Waals surface area contributed by atoms with Gasteiger partial charge in [-0.05, 0) is 36.4 Å². The summed E-state index contributed by atoms with van der Waals surface area (Å²) >= 11 is 0. The van der Waals surface area contributed by atoms with Crippen molar-refractivity contribution in [3.63, 3.8) is 0 Å². The number of nitrogens with one attached hydrogen (secondary N) is 1. The first-order valence-corrected chi connectivity index (χ1v) is 10.1. The van der Waals surface area contributed by atoms with E-state index in [-0.39, 0.29) is 34.1 Å². The Morgan fingerprint density at radius 3 is 2.38 bits per heavy atom. The first-order valence-electron chi connectivity index (χ1n) is 10.1. The molecular formula is C22H25NO11. The molecule has 6 N–H and O–H groups in total. The van der Waals surface area contributed by atoms with E-state index in [9.17, 15) is 35.1 Å². The minimum absolute atomic E-state index is 0.0382. The fourth-order valence-corrected chi connectivity index (χ4v) is 3.32. The number of methoxy groups -OCH3 is 2. The van der Waals surface area contributed by atoms with Crippen LogP contribution < -0.4 is 14.8 Å². The minimum Gasteiger partial charge on any atom is -0.508 e. The third kappa shape index (κ3) is 5.21. The molecule has 1 amide bonds. The number of rotatable bonds is 7. The molecule has 12 heteroatoms. The van der Waals surface area contributed by atoms with Gasteiger partial charge in [0.05, 0.1) is 37.6 Å². The van der Waals surface area contributed by atoms with Crippen molar-refractivity contribution >= 4 is 17.6 Å². The first-order chi connectivity index (χ1) is 16.2. The van der Waals surface area contributed by atoms with Crippen LogP contribution in [0.2, 0.25) is 0 Å². The summed E-state index contributed by atoms with van der Waals surface area (Å²) in [4.78, 5) is 25.2. The summed E-state index contributed by atoms with van der Waals surface area (Å²) in [5, 5.41) is 51.8. The molecule has 1 aliphatic heterocycles. The van der Waals surface area contributed by atoms with Gasteiger partial charge in [0.25, 0.3) is 5.91 Å². The number of phenols is 1. The molecule has 3 rings (SSSR count). The summed E-state index contributed by atoms with van der Waals surface area (Å²) in [5.74, 6) is -1.58. The number of carbonyl (C=O) groups is 2. The Bertz CT molecular complexity index is 1040. The normalized spacial score (nSPS) is 24.2. The molecule has 5 atom stereocenters. The SMILES string of the molecule is COC(=O)c1cc(O)ccc1NC(=O)c1cc(OC)ccc1OC1OC(CO)C(O)C(O)C1O. The number of esters is 1. The number of carbonyl (C=O) groups excluding carboxylic acids is 2. The van der Waals surface area contributed by atoms with E-state index in [1.807, 2.05) is 0 Å². The van der Waals surface area contributed by atoms with E-state index in [1.165, 1.54) is 37.4 Å². The number of amides is 1. The van der Waals surface area contributed by atoms with E-state index < -0.39 is 49.2 Å². The van der Waals surface area contributed by atoms with Crippen molar-refractivity contribution in [3.8, 4) is 17.2 Å². The van der Waals surface area contributed by atoms with Crippen LogP contribution >= 0.6 is 0 Å². The molecule has 1 aliphatic rings. The third-order valence-corrected chi connectivity index (χ3v) is 5.18. The van der Waals surface area contributed by atoms with Crippen molar-refractivity contribution in [1.29, 1.82) is 0 Å². The average molecular weight is 479 g/mol. The predicted molar refractivity (Wildman–Crippen MR) is 115 cm³/mol. The number of phenolic OH excluding ortho intramolecular Hbond substituents is 1. The van der Waals surface area contributed by atoms with Crippen LogP contribution in [0, 0.1) is 0 Å². The Labute approximate surface area is 193 Å². The number of aliphatic hydroxyl groups excluding tert-OH is 4. The van der Waals surface area contributed by atoms with Crippen molar-refractivity contribution in [2.24, 2.45) is 0 Å². The number of hydrogen-bond acceptors (Lipinski definition) is 11. The number of hydrogen-bond donors (Lipinski definition) is 6. The van der Waals surface area contributed by atoms with E-state index in [0.29, 0.717) is 0 Å². The predicted octanol–water partition coefficient (Wildman–Crippen LogP) is -0.382. The fraction of sp³-hybridized carbons (Fsp3) is 0.364. The van der Waals surface area contributed by atoms with Crippen LogP contribution in [0.5, 0.6) is 17.2 Å². The highest BCUT2D eigenvalue weighted by molar-refractivity contribution is 6.09. The molecule has 0 saturated carbocycles. The molecule has 0 aliphatic carbocycles. The van der Waals surface area contributed by atoms with Gasteiger partial charge in [-0.15, -0.1) is 0 Å².